The standard InChI is InChI=1S/C23H24N2O6/c1-13(21(26)25-31-20(22(27)28)14-10-11-14)24-23(29)30-12-19-17-8-4-2-6-15(17)16-7-3-5-9-18(16)19/h2-9,13-14,19-20H,10-12H2,1H3,(H,24,29)(H,25,26)(H,27,28)/t13-,20?/m1/s1. The predicted molar refractivity (Wildman–Crippen MR) is 111 cm³/mol. The molecule has 1 fully saturated rings. The van der Waals surface area contributed by atoms with Gasteiger partial charge in [0.05, 0.1) is 0 Å². The summed E-state index contributed by atoms with van der Waals surface area (Å²) in [5, 5.41) is 11.6. The number of carboxylic acid groups (broad SMARTS) is 1. The second-order valence-corrected chi connectivity index (χ2v) is 7.87. The highest BCUT2D eigenvalue weighted by atomic mass is 16.7. The van der Waals surface area contributed by atoms with Crippen molar-refractivity contribution in [1.82, 2.24) is 10.8 Å². The molecule has 0 saturated heterocycles. The Morgan fingerprint density at radius 1 is 1.03 bits per heavy atom. The zero-order valence-corrected chi connectivity index (χ0v) is 17.0. The minimum Gasteiger partial charge on any atom is -0.479 e. The zero-order valence-electron chi connectivity index (χ0n) is 17.0. The lowest BCUT2D eigenvalue weighted by Gasteiger charge is -2.18. The van der Waals surface area contributed by atoms with Gasteiger partial charge in [0.1, 0.15) is 12.6 Å². The van der Waals surface area contributed by atoms with Gasteiger partial charge in [-0.2, -0.15) is 0 Å². The van der Waals surface area contributed by atoms with Gasteiger partial charge in [0.25, 0.3) is 5.91 Å². The number of carbonyl (C=O) groups excluding carboxylic acids is 2. The van der Waals surface area contributed by atoms with E-state index in [1.165, 1.54) is 6.92 Å². The van der Waals surface area contributed by atoms with Gasteiger partial charge in [-0.15, -0.1) is 0 Å². The summed E-state index contributed by atoms with van der Waals surface area (Å²) < 4.78 is 5.41. The first-order valence-electron chi connectivity index (χ1n) is 10.3. The largest absolute Gasteiger partial charge is 0.479 e. The highest BCUT2D eigenvalue weighted by molar-refractivity contribution is 5.85. The van der Waals surface area contributed by atoms with Gasteiger partial charge in [-0.1, -0.05) is 48.5 Å². The smallest absolute Gasteiger partial charge is 0.407 e. The van der Waals surface area contributed by atoms with Crippen LogP contribution in [0.3, 0.4) is 0 Å². The molecule has 2 aliphatic rings. The third-order valence-electron chi connectivity index (χ3n) is 5.65. The van der Waals surface area contributed by atoms with E-state index in [-0.39, 0.29) is 18.4 Å². The van der Waals surface area contributed by atoms with Gasteiger partial charge >= 0.3 is 12.1 Å². The lowest BCUT2D eigenvalue weighted by Crippen LogP contribution is -2.47. The summed E-state index contributed by atoms with van der Waals surface area (Å²) in [5.74, 6) is -1.95. The fourth-order valence-electron chi connectivity index (χ4n) is 3.84. The summed E-state index contributed by atoms with van der Waals surface area (Å²) in [6, 6.07) is 15.1. The van der Waals surface area contributed by atoms with Crippen molar-refractivity contribution in [3.05, 3.63) is 59.7 Å². The number of hydroxylamine groups is 1. The lowest BCUT2D eigenvalue weighted by atomic mass is 9.98. The number of ether oxygens (including phenoxy) is 1. The minimum absolute atomic E-state index is 0.0829. The molecule has 2 atom stereocenters. The molecule has 3 N–H and O–H groups in total. The average molecular weight is 424 g/mol. The summed E-state index contributed by atoms with van der Waals surface area (Å²) in [6.07, 6.45) is -0.312. The van der Waals surface area contributed by atoms with Crippen LogP contribution < -0.4 is 10.8 Å². The molecule has 4 rings (SSSR count). The Labute approximate surface area is 179 Å². The molecule has 2 aromatic carbocycles. The van der Waals surface area contributed by atoms with E-state index in [1.807, 2.05) is 48.5 Å². The number of aliphatic carboxylic acids is 1. The molecule has 0 radical (unpaired) electrons. The van der Waals surface area contributed by atoms with Crippen molar-refractivity contribution < 1.29 is 29.1 Å². The Morgan fingerprint density at radius 2 is 1.61 bits per heavy atom. The topological polar surface area (TPSA) is 114 Å². The number of rotatable bonds is 8. The molecule has 0 bridgehead atoms. The van der Waals surface area contributed by atoms with Crippen molar-refractivity contribution in [2.45, 2.75) is 37.8 Å². The van der Waals surface area contributed by atoms with Crippen molar-refractivity contribution in [2.75, 3.05) is 6.61 Å². The van der Waals surface area contributed by atoms with E-state index in [9.17, 15) is 14.4 Å². The van der Waals surface area contributed by atoms with Gasteiger partial charge in [-0.25, -0.2) is 15.1 Å². The van der Waals surface area contributed by atoms with E-state index in [0.717, 1.165) is 35.1 Å². The van der Waals surface area contributed by atoms with Gasteiger partial charge in [-0.05, 0) is 47.9 Å². The van der Waals surface area contributed by atoms with Gasteiger partial charge < -0.3 is 15.2 Å². The van der Waals surface area contributed by atoms with Gasteiger partial charge in [0, 0.05) is 5.92 Å². The fraction of sp³-hybridized carbons (Fsp3) is 0.348. The molecule has 2 aromatic rings. The van der Waals surface area contributed by atoms with Crippen LogP contribution in [0.4, 0.5) is 4.79 Å². The zero-order chi connectivity index (χ0) is 22.0. The molecule has 1 saturated carbocycles. The molecule has 8 heteroatoms. The van der Waals surface area contributed by atoms with E-state index >= 15 is 0 Å². The Bertz CT molecular complexity index is 958. The maximum absolute atomic E-state index is 12.3. The van der Waals surface area contributed by atoms with E-state index in [1.54, 1.807) is 0 Å². The molecular formula is C23H24N2O6. The van der Waals surface area contributed by atoms with E-state index in [4.69, 9.17) is 14.7 Å². The van der Waals surface area contributed by atoms with E-state index < -0.39 is 30.1 Å². The van der Waals surface area contributed by atoms with Crippen molar-refractivity contribution in [3.8, 4) is 11.1 Å². The normalized spacial score (nSPS) is 16.5. The first kappa shape index (κ1) is 20.9. The highest BCUT2D eigenvalue weighted by Crippen LogP contribution is 2.44. The molecule has 0 heterocycles. The van der Waals surface area contributed by atoms with Crippen LogP contribution in [0.1, 0.15) is 36.8 Å². The molecule has 0 spiro atoms. The Morgan fingerprint density at radius 3 is 2.16 bits per heavy atom. The Kier molecular flexibility index (Phi) is 5.90. The van der Waals surface area contributed by atoms with Crippen molar-refractivity contribution in [1.29, 1.82) is 0 Å². The molecule has 0 aromatic heterocycles. The SMILES string of the molecule is C[C@@H](NC(=O)OCC1c2ccccc2-c2ccccc21)C(=O)NOC(C(=O)O)C1CC1. The number of carbonyl (C=O) groups is 3. The van der Waals surface area contributed by atoms with Crippen molar-refractivity contribution in [3.63, 3.8) is 0 Å². The Hall–Kier alpha value is -3.39. The first-order chi connectivity index (χ1) is 15.0. The third kappa shape index (κ3) is 4.54. The van der Waals surface area contributed by atoms with Crippen LogP contribution in [0.5, 0.6) is 0 Å². The lowest BCUT2D eigenvalue weighted by molar-refractivity contribution is -0.163. The van der Waals surface area contributed by atoms with Crippen LogP contribution in [0.25, 0.3) is 11.1 Å². The van der Waals surface area contributed by atoms with E-state index in [2.05, 4.69) is 10.8 Å². The van der Waals surface area contributed by atoms with Gasteiger partial charge in [0.15, 0.2) is 6.10 Å². The highest BCUT2D eigenvalue weighted by Gasteiger charge is 2.38. The van der Waals surface area contributed by atoms with Gasteiger partial charge in [-0.3, -0.25) is 9.63 Å². The molecule has 162 valence electrons. The summed E-state index contributed by atoms with van der Waals surface area (Å²) in [4.78, 5) is 40.6. The van der Waals surface area contributed by atoms with Crippen molar-refractivity contribution >= 4 is 18.0 Å². The molecular weight excluding hydrogens is 400 g/mol. The average Bonchev–Trinajstić information content (AvgIpc) is 3.54. The van der Waals surface area contributed by atoms with Gasteiger partial charge in [0.2, 0.25) is 0 Å². The second kappa shape index (κ2) is 8.77. The van der Waals surface area contributed by atoms with Crippen LogP contribution in [-0.4, -0.2) is 41.8 Å². The molecule has 1 unspecified atom stereocenters. The third-order valence-corrected chi connectivity index (χ3v) is 5.65. The number of amides is 2. The van der Waals surface area contributed by atoms with Crippen LogP contribution in [0.2, 0.25) is 0 Å². The number of carboxylic acids is 1. The predicted octanol–water partition coefficient (Wildman–Crippen LogP) is 2.82. The van der Waals surface area contributed by atoms with Crippen LogP contribution >= 0.6 is 0 Å². The number of alkyl carbamates (subject to hydrolysis) is 1. The monoisotopic (exact) mass is 424 g/mol. The first-order valence-corrected chi connectivity index (χ1v) is 10.3. The number of hydrogen-bond donors (Lipinski definition) is 3. The van der Waals surface area contributed by atoms with Crippen LogP contribution in [0.15, 0.2) is 48.5 Å². The van der Waals surface area contributed by atoms with Crippen LogP contribution in [0, 0.1) is 5.92 Å². The number of fused-ring (bicyclic) bond motifs is 3. The minimum atomic E-state index is -1.13. The quantitative estimate of drug-likeness (QED) is 0.562. The summed E-state index contributed by atoms with van der Waals surface area (Å²) >= 11 is 0. The Balaban J connectivity index is 1.30. The summed E-state index contributed by atoms with van der Waals surface area (Å²) in [6.45, 7) is 1.60. The second-order valence-electron chi connectivity index (χ2n) is 7.87. The summed E-state index contributed by atoms with van der Waals surface area (Å²) in [7, 11) is 0. The molecule has 31 heavy (non-hydrogen) atoms. The van der Waals surface area contributed by atoms with Crippen LogP contribution in [-0.2, 0) is 19.2 Å². The van der Waals surface area contributed by atoms with Crippen molar-refractivity contribution in [2.24, 2.45) is 5.92 Å². The molecule has 0 aliphatic heterocycles. The molecule has 2 amide bonds. The maximum Gasteiger partial charge on any atom is 0.407 e. The summed E-state index contributed by atoms with van der Waals surface area (Å²) in [5.41, 5.74) is 6.56. The molecule has 2 aliphatic carbocycles. The number of nitrogens with one attached hydrogen (secondary N) is 2. The molecule has 8 nitrogen and oxygen atoms in total. The maximum atomic E-state index is 12.3. The number of benzene rings is 2. The van der Waals surface area contributed by atoms with E-state index in [0.29, 0.717) is 0 Å². The fourth-order valence-corrected chi connectivity index (χ4v) is 3.84. The number of hydrogen-bond acceptors (Lipinski definition) is 5.